The molecule has 0 bridgehead atoms. The third kappa shape index (κ3) is 4.35. The highest BCUT2D eigenvalue weighted by Gasteiger charge is 1.99. The van der Waals surface area contributed by atoms with Crippen LogP contribution in [0.3, 0.4) is 0 Å². The number of carbonyl (C=O) groups is 1. The number of hydrogen-bond donors (Lipinski definition) is 3. The van der Waals surface area contributed by atoms with Gasteiger partial charge in [0.25, 0.3) is 0 Å². The summed E-state index contributed by atoms with van der Waals surface area (Å²) in [5.41, 5.74) is 7.26. The van der Waals surface area contributed by atoms with Gasteiger partial charge in [0.2, 0.25) is 0 Å². The van der Waals surface area contributed by atoms with Crippen LogP contribution in [0.1, 0.15) is 10.4 Å². The SMILES string of the molecule is COc1ccc(NC(=S)NNc2ccc(C(=O)[O-])cc2)cc1. The van der Waals surface area contributed by atoms with Crippen LogP contribution in [0.5, 0.6) is 5.75 Å². The van der Waals surface area contributed by atoms with Gasteiger partial charge in [-0.25, -0.2) is 0 Å². The van der Waals surface area contributed by atoms with Crippen molar-refractivity contribution in [3.8, 4) is 5.75 Å². The van der Waals surface area contributed by atoms with E-state index >= 15 is 0 Å². The fraction of sp³-hybridized carbons (Fsp3) is 0.0667. The molecule has 0 saturated carbocycles. The van der Waals surface area contributed by atoms with Crippen LogP contribution in [0.25, 0.3) is 0 Å². The lowest BCUT2D eigenvalue weighted by atomic mass is 10.2. The minimum absolute atomic E-state index is 0.115. The molecule has 0 heterocycles. The summed E-state index contributed by atoms with van der Waals surface area (Å²) in [5.74, 6) is -0.452. The summed E-state index contributed by atoms with van der Waals surface area (Å²) >= 11 is 5.14. The topological polar surface area (TPSA) is 85.5 Å². The van der Waals surface area contributed by atoms with Gasteiger partial charge in [-0.15, -0.1) is 0 Å². The number of ether oxygens (including phenoxy) is 1. The Bertz CT molecular complexity index is 657. The molecule has 0 aliphatic heterocycles. The Hall–Kier alpha value is -2.80. The first-order valence-corrected chi connectivity index (χ1v) is 6.78. The van der Waals surface area contributed by atoms with Crippen LogP contribution in [0.15, 0.2) is 48.5 Å². The van der Waals surface area contributed by atoms with Crippen molar-refractivity contribution in [1.82, 2.24) is 5.43 Å². The van der Waals surface area contributed by atoms with Gasteiger partial charge in [-0.1, -0.05) is 12.1 Å². The predicted octanol–water partition coefficient (Wildman–Crippen LogP) is 1.37. The molecule has 3 N–H and O–H groups in total. The summed E-state index contributed by atoms with van der Waals surface area (Å²) in [7, 11) is 1.60. The summed E-state index contributed by atoms with van der Waals surface area (Å²) in [4.78, 5) is 10.6. The Morgan fingerprint density at radius 1 is 1.05 bits per heavy atom. The van der Waals surface area contributed by atoms with Gasteiger partial charge in [-0.3, -0.25) is 10.9 Å². The van der Waals surface area contributed by atoms with Crippen molar-refractivity contribution in [2.75, 3.05) is 17.9 Å². The summed E-state index contributed by atoms with van der Waals surface area (Å²) < 4.78 is 5.07. The molecule has 0 radical (unpaired) electrons. The molecule has 2 aromatic rings. The number of carbonyl (C=O) groups excluding carboxylic acids is 1. The van der Waals surface area contributed by atoms with Gasteiger partial charge in [0, 0.05) is 5.69 Å². The van der Waals surface area contributed by atoms with E-state index in [1.54, 1.807) is 19.2 Å². The molecule has 7 heteroatoms. The maximum Gasteiger partial charge on any atom is 0.189 e. The third-order valence-corrected chi connectivity index (χ3v) is 2.99. The number of carboxylic acid groups (broad SMARTS) is 1. The molecule has 0 fully saturated rings. The van der Waals surface area contributed by atoms with Crippen LogP contribution < -0.4 is 26.0 Å². The first-order chi connectivity index (χ1) is 10.6. The zero-order chi connectivity index (χ0) is 15.9. The molecule has 0 aliphatic carbocycles. The molecule has 22 heavy (non-hydrogen) atoms. The smallest absolute Gasteiger partial charge is 0.189 e. The number of hydrogen-bond acceptors (Lipinski definition) is 5. The number of benzene rings is 2. The molecule has 2 aromatic carbocycles. The lowest BCUT2D eigenvalue weighted by Gasteiger charge is -2.13. The molecular weight excluding hydrogens is 302 g/mol. The zero-order valence-corrected chi connectivity index (χ0v) is 12.6. The number of rotatable bonds is 5. The van der Waals surface area contributed by atoms with Gasteiger partial charge in [0.05, 0.1) is 18.8 Å². The molecule has 6 nitrogen and oxygen atoms in total. The van der Waals surface area contributed by atoms with E-state index in [1.165, 1.54) is 12.1 Å². The molecule has 114 valence electrons. The number of carboxylic acids is 1. The van der Waals surface area contributed by atoms with Crippen molar-refractivity contribution in [2.24, 2.45) is 0 Å². The van der Waals surface area contributed by atoms with Crippen LogP contribution in [0.4, 0.5) is 11.4 Å². The number of hydrazine groups is 1. The largest absolute Gasteiger partial charge is 0.545 e. The van der Waals surface area contributed by atoms with E-state index in [4.69, 9.17) is 17.0 Å². The van der Waals surface area contributed by atoms with Crippen molar-refractivity contribution >= 4 is 34.7 Å². The van der Waals surface area contributed by atoms with E-state index in [0.717, 1.165) is 11.4 Å². The predicted molar refractivity (Wildman–Crippen MR) is 86.7 cm³/mol. The quantitative estimate of drug-likeness (QED) is 0.567. The summed E-state index contributed by atoms with van der Waals surface area (Å²) in [6, 6.07) is 13.4. The molecule has 0 saturated heterocycles. The summed E-state index contributed by atoms with van der Waals surface area (Å²) in [5, 5.41) is 14.0. The Kier molecular flexibility index (Phi) is 5.16. The van der Waals surface area contributed by atoms with Crippen LogP contribution >= 0.6 is 12.2 Å². The van der Waals surface area contributed by atoms with Gasteiger partial charge >= 0.3 is 0 Å². The van der Waals surface area contributed by atoms with Crippen molar-refractivity contribution < 1.29 is 14.6 Å². The number of thiocarbonyl (C=S) groups is 1. The molecule has 0 amide bonds. The average Bonchev–Trinajstić information content (AvgIpc) is 2.54. The molecule has 0 spiro atoms. The standard InChI is InChI=1S/C15H15N3O3S/c1-21-13-8-6-11(7-9-13)16-15(22)18-17-12-4-2-10(3-5-12)14(19)20/h2-9,17H,1H3,(H,19,20)(H2,16,18,22)/p-1. The molecule has 0 atom stereocenters. The summed E-state index contributed by atoms with van der Waals surface area (Å²) in [6.45, 7) is 0. The van der Waals surface area contributed by atoms with Crippen molar-refractivity contribution in [3.63, 3.8) is 0 Å². The van der Waals surface area contributed by atoms with Gasteiger partial charge in [-0.05, 0) is 54.2 Å². The fourth-order valence-electron chi connectivity index (χ4n) is 1.66. The highest BCUT2D eigenvalue weighted by atomic mass is 32.1. The van der Waals surface area contributed by atoms with E-state index in [9.17, 15) is 9.90 Å². The Balaban J connectivity index is 1.85. The Morgan fingerprint density at radius 3 is 2.18 bits per heavy atom. The number of anilines is 2. The van der Waals surface area contributed by atoms with Crippen LogP contribution in [0, 0.1) is 0 Å². The fourth-order valence-corrected chi connectivity index (χ4v) is 1.82. The highest BCUT2D eigenvalue weighted by molar-refractivity contribution is 7.80. The van der Waals surface area contributed by atoms with Crippen molar-refractivity contribution in [3.05, 3.63) is 54.1 Å². The minimum atomic E-state index is -1.21. The second-order valence-corrected chi connectivity index (χ2v) is 4.71. The third-order valence-electron chi connectivity index (χ3n) is 2.79. The van der Waals surface area contributed by atoms with Crippen molar-refractivity contribution in [2.45, 2.75) is 0 Å². The molecule has 0 unspecified atom stereocenters. The Labute approximate surface area is 133 Å². The second-order valence-electron chi connectivity index (χ2n) is 4.30. The van der Waals surface area contributed by atoms with E-state index in [-0.39, 0.29) is 5.56 Å². The molecule has 2 rings (SSSR count). The zero-order valence-electron chi connectivity index (χ0n) is 11.8. The van der Waals surface area contributed by atoms with E-state index < -0.39 is 5.97 Å². The minimum Gasteiger partial charge on any atom is -0.545 e. The average molecular weight is 316 g/mol. The summed E-state index contributed by atoms with van der Waals surface area (Å²) in [6.07, 6.45) is 0. The monoisotopic (exact) mass is 316 g/mol. The number of aromatic carboxylic acids is 1. The van der Waals surface area contributed by atoms with Crippen LogP contribution in [0.2, 0.25) is 0 Å². The normalized spacial score (nSPS) is 9.68. The highest BCUT2D eigenvalue weighted by Crippen LogP contribution is 2.14. The van der Waals surface area contributed by atoms with Gasteiger partial charge in [-0.2, -0.15) is 0 Å². The molecular formula is C15H14N3O3S-. The number of methoxy groups -OCH3 is 1. The Morgan fingerprint density at radius 2 is 1.64 bits per heavy atom. The molecule has 0 aromatic heterocycles. The maximum atomic E-state index is 10.6. The number of nitrogens with one attached hydrogen (secondary N) is 3. The molecule has 0 aliphatic rings. The van der Waals surface area contributed by atoms with E-state index in [1.807, 2.05) is 24.3 Å². The second kappa shape index (κ2) is 7.28. The van der Waals surface area contributed by atoms with E-state index in [2.05, 4.69) is 16.2 Å². The first-order valence-electron chi connectivity index (χ1n) is 6.37. The van der Waals surface area contributed by atoms with Crippen molar-refractivity contribution in [1.29, 1.82) is 0 Å². The van der Waals surface area contributed by atoms with Crippen LogP contribution in [-0.4, -0.2) is 18.2 Å². The van der Waals surface area contributed by atoms with Gasteiger partial charge in [0.15, 0.2) is 5.11 Å². The van der Waals surface area contributed by atoms with Gasteiger partial charge < -0.3 is 20.0 Å². The first kappa shape index (κ1) is 15.6. The van der Waals surface area contributed by atoms with E-state index in [0.29, 0.717) is 10.8 Å². The lowest BCUT2D eigenvalue weighted by Crippen LogP contribution is -2.33. The maximum absolute atomic E-state index is 10.6. The van der Waals surface area contributed by atoms with Crippen LogP contribution in [-0.2, 0) is 0 Å². The lowest BCUT2D eigenvalue weighted by molar-refractivity contribution is -0.255. The van der Waals surface area contributed by atoms with Gasteiger partial charge in [0.1, 0.15) is 5.75 Å².